The van der Waals surface area contributed by atoms with Crippen molar-refractivity contribution >= 4 is 15.8 Å². The molecule has 1 N–H and O–H groups in total. The van der Waals surface area contributed by atoms with Gasteiger partial charge in [0.05, 0.1) is 16.1 Å². The van der Waals surface area contributed by atoms with Crippen LogP contribution in [-0.4, -0.2) is 24.7 Å². The van der Waals surface area contributed by atoms with Crippen molar-refractivity contribution in [1.29, 1.82) is 0 Å². The Morgan fingerprint density at radius 2 is 1.48 bits per heavy atom. The molecule has 1 fully saturated rings. The van der Waals surface area contributed by atoms with E-state index in [-0.39, 0.29) is 16.7 Å². The molecule has 0 aliphatic heterocycles. The maximum Gasteiger partial charge on any atom is 0.308 e. The number of rotatable bonds is 5. The van der Waals surface area contributed by atoms with Gasteiger partial charge in [-0.15, -0.1) is 0 Å². The highest BCUT2D eigenvalue weighted by Crippen LogP contribution is 2.45. The number of carbonyl (C=O) groups is 1. The van der Waals surface area contributed by atoms with Gasteiger partial charge in [0.2, 0.25) is 0 Å². The Hall–Kier alpha value is -2.60. The van der Waals surface area contributed by atoms with E-state index in [9.17, 15) is 18.3 Å². The summed E-state index contributed by atoms with van der Waals surface area (Å²) in [5.41, 5.74) is 0. The van der Waals surface area contributed by atoms with Crippen LogP contribution in [0.4, 0.5) is 0 Å². The Labute approximate surface area is 158 Å². The van der Waals surface area contributed by atoms with Crippen LogP contribution in [0.2, 0.25) is 0 Å². The molecule has 2 aromatic carbocycles. The van der Waals surface area contributed by atoms with Crippen LogP contribution in [0.15, 0.2) is 71.6 Å². The fourth-order valence-electron chi connectivity index (χ4n) is 4.17. The summed E-state index contributed by atoms with van der Waals surface area (Å²) in [7, 11) is -3.76. The molecule has 6 heteroatoms. The van der Waals surface area contributed by atoms with Crippen LogP contribution in [0.1, 0.15) is 12.8 Å². The molecule has 0 amide bonds. The third-order valence-electron chi connectivity index (χ3n) is 5.45. The van der Waals surface area contributed by atoms with E-state index in [2.05, 4.69) is 0 Å². The number of benzene rings is 2. The second-order valence-electron chi connectivity index (χ2n) is 7.05. The van der Waals surface area contributed by atoms with E-state index in [1.807, 2.05) is 42.5 Å². The summed E-state index contributed by atoms with van der Waals surface area (Å²) in [6.45, 7) is 0. The number of allylic oxidation sites excluding steroid dienone is 2. The lowest BCUT2D eigenvalue weighted by molar-refractivity contribution is -0.144. The van der Waals surface area contributed by atoms with Crippen LogP contribution in [0.5, 0.6) is 11.5 Å². The fourth-order valence-corrected chi connectivity index (χ4v) is 6.39. The van der Waals surface area contributed by atoms with Crippen molar-refractivity contribution in [2.75, 3.05) is 0 Å². The van der Waals surface area contributed by atoms with Crippen molar-refractivity contribution in [2.24, 2.45) is 17.8 Å². The van der Waals surface area contributed by atoms with Gasteiger partial charge in [-0.25, -0.2) is 8.42 Å². The highest BCUT2D eigenvalue weighted by Gasteiger charge is 2.51. The molecule has 0 aromatic heterocycles. The minimum atomic E-state index is -3.76. The van der Waals surface area contributed by atoms with E-state index in [1.54, 1.807) is 12.1 Å². The molecular weight excluding hydrogens is 364 g/mol. The number of carboxylic acid groups (broad SMARTS) is 1. The standard InChI is InChI=1S/C21H20O5S/c22-21(23)19-14-6-8-15(9-7-14)20(19)27(24,25)18-12-10-17(11-13-18)26-16-4-2-1-3-5-16/h1-6,8,10-15,19-20H,7,9H2,(H,22,23). The second-order valence-corrected chi connectivity index (χ2v) is 9.16. The Bertz CT molecular complexity index is 963. The van der Waals surface area contributed by atoms with Gasteiger partial charge in [-0.2, -0.15) is 0 Å². The lowest BCUT2D eigenvalue weighted by Crippen LogP contribution is -2.49. The van der Waals surface area contributed by atoms with Gasteiger partial charge in [-0.05, 0) is 61.1 Å². The average molecular weight is 384 g/mol. The highest BCUT2D eigenvalue weighted by molar-refractivity contribution is 7.92. The third kappa shape index (κ3) is 3.25. The second kappa shape index (κ2) is 6.85. The van der Waals surface area contributed by atoms with Gasteiger partial charge in [-0.3, -0.25) is 4.79 Å². The zero-order valence-electron chi connectivity index (χ0n) is 14.6. The third-order valence-corrected chi connectivity index (χ3v) is 7.74. The maximum absolute atomic E-state index is 13.2. The average Bonchev–Trinajstić information content (AvgIpc) is 2.69. The zero-order chi connectivity index (χ0) is 19.0. The van der Waals surface area contributed by atoms with Crippen LogP contribution in [0, 0.1) is 17.8 Å². The van der Waals surface area contributed by atoms with Crippen LogP contribution >= 0.6 is 0 Å². The SMILES string of the molecule is O=C(O)C1C2C=CC(CC2)C1S(=O)(=O)c1ccc(Oc2ccccc2)cc1. The van der Waals surface area contributed by atoms with Crippen molar-refractivity contribution in [2.45, 2.75) is 23.0 Å². The monoisotopic (exact) mass is 384 g/mol. The van der Waals surface area contributed by atoms with Gasteiger partial charge in [0, 0.05) is 0 Å². The van der Waals surface area contributed by atoms with Crippen LogP contribution in [0.3, 0.4) is 0 Å². The van der Waals surface area contributed by atoms with Crippen molar-refractivity contribution in [3.63, 3.8) is 0 Å². The summed E-state index contributed by atoms with van der Waals surface area (Å²) in [5.74, 6) is -1.20. The largest absolute Gasteiger partial charge is 0.481 e. The smallest absolute Gasteiger partial charge is 0.308 e. The van der Waals surface area contributed by atoms with Crippen molar-refractivity contribution < 1.29 is 23.1 Å². The summed E-state index contributed by atoms with van der Waals surface area (Å²) in [6, 6.07) is 15.4. The number of ether oxygens (including phenoxy) is 1. The molecule has 1 saturated carbocycles. The van der Waals surface area contributed by atoms with Gasteiger partial charge in [0.15, 0.2) is 9.84 Å². The number of sulfone groups is 1. The molecule has 3 aliphatic carbocycles. The molecule has 5 nitrogen and oxygen atoms in total. The Balaban J connectivity index is 1.62. The van der Waals surface area contributed by atoms with Gasteiger partial charge >= 0.3 is 5.97 Å². The number of aliphatic carboxylic acids is 1. The normalized spacial score (nSPS) is 26.7. The molecule has 0 spiro atoms. The number of para-hydroxylation sites is 1. The van der Waals surface area contributed by atoms with E-state index in [1.165, 1.54) is 12.1 Å². The Kier molecular flexibility index (Phi) is 4.52. The molecule has 0 radical (unpaired) electrons. The Morgan fingerprint density at radius 1 is 0.889 bits per heavy atom. The van der Waals surface area contributed by atoms with Crippen molar-refractivity contribution in [3.05, 3.63) is 66.7 Å². The first-order valence-electron chi connectivity index (χ1n) is 8.95. The minimum absolute atomic E-state index is 0.139. The lowest BCUT2D eigenvalue weighted by Gasteiger charge is -2.42. The highest BCUT2D eigenvalue weighted by atomic mass is 32.2. The predicted molar refractivity (Wildman–Crippen MR) is 100 cm³/mol. The summed E-state index contributed by atoms with van der Waals surface area (Å²) in [6.07, 6.45) is 5.19. The van der Waals surface area contributed by atoms with Gasteiger partial charge in [0.1, 0.15) is 11.5 Å². The number of carboxylic acids is 1. The van der Waals surface area contributed by atoms with Gasteiger partial charge in [-0.1, -0.05) is 30.4 Å². The predicted octanol–water partition coefficient (Wildman–Crippen LogP) is 3.92. The Morgan fingerprint density at radius 3 is 2.07 bits per heavy atom. The summed E-state index contributed by atoms with van der Waals surface area (Å²) in [5, 5.41) is 8.71. The minimum Gasteiger partial charge on any atom is -0.481 e. The molecule has 2 aromatic rings. The molecular formula is C21H20O5S. The van der Waals surface area contributed by atoms with E-state index in [4.69, 9.17) is 4.74 Å². The number of hydrogen-bond donors (Lipinski definition) is 1. The van der Waals surface area contributed by atoms with Crippen LogP contribution in [-0.2, 0) is 14.6 Å². The summed E-state index contributed by atoms with van der Waals surface area (Å²) >= 11 is 0. The van der Waals surface area contributed by atoms with Crippen LogP contribution < -0.4 is 4.74 Å². The first-order chi connectivity index (χ1) is 13.0. The summed E-state index contributed by atoms with van der Waals surface area (Å²) < 4.78 is 32.1. The topological polar surface area (TPSA) is 80.7 Å². The summed E-state index contributed by atoms with van der Waals surface area (Å²) in [4.78, 5) is 11.9. The molecule has 4 unspecified atom stereocenters. The first kappa shape index (κ1) is 17.8. The molecule has 0 heterocycles. The van der Waals surface area contributed by atoms with E-state index in [0.717, 1.165) is 6.42 Å². The fraction of sp³-hybridized carbons (Fsp3) is 0.286. The van der Waals surface area contributed by atoms with E-state index >= 15 is 0 Å². The van der Waals surface area contributed by atoms with E-state index in [0.29, 0.717) is 17.9 Å². The van der Waals surface area contributed by atoms with Gasteiger partial charge < -0.3 is 9.84 Å². The van der Waals surface area contributed by atoms with Gasteiger partial charge in [0.25, 0.3) is 0 Å². The first-order valence-corrected chi connectivity index (χ1v) is 10.5. The van der Waals surface area contributed by atoms with Crippen molar-refractivity contribution in [1.82, 2.24) is 0 Å². The molecule has 5 rings (SSSR count). The number of fused-ring (bicyclic) bond motifs is 2. The quantitative estimate of drug-likeness (QED) is 0.791. The molecule has 4 atom stereocenters. The number of hydrogen-bond acceptors (Lipinski definition) is 4. The molecule has 140 valence electrons. The van der Waals surface area contributed by atoms with Crippen molar-refractivity contribution in [3.8, 4) is 11.5 Å². The lowest BCUT2D eigenvalue weighted by atomic mass is 9.69. The molecule has 2 bridgehead atoms. The molecule has 27 heavy (non-hydrogen) atoms. The molecule has 0 saturated heterocycles. The zero-order valence-corrected chi connectivity index (χ0v) is 15.4. The van der Waals surface area contributed by atoms with Crippen LogP contribution in [0.25, 0.3) is 0 Å². The van der Waals surface area contributed by atoms with E-state index < -0.39 is 27.0 Å². The molecule has 3 aliphatic rings. The maximum atomic E-state index is 13.2.